The van der Waals surface area contributed by atoms with Crippen LogP contribution >= 0.6 is 0 Å². The van der Waals surface area contributed by atoms with Gasteiger partial charge >= 0.3 is 0 Å². The lowest BCUT2D eigenvalue weighted by Crippen LogP contribution is -2.48. The van der Waals surface area contributed by atoms with Crippen molar-refractivity contribution < 1.29 is 14.1 Å². The summed E-state index contributed by atoms with van der Waals surface area (Å²) in [5.41, 5.74) is 2.70. The van der Waals surface area contributed by atoms with Gasteiger partial charge in [0, 0.05) is 50.9 Å². The molecule has 0 atom stereocenters. The number of hydrogen-bond donors (Lipinski definition) is 0. The third kappa shape index (κ3) is 4.46. The summed E-state index contributed by atoms with van der Waals surface area (Å²) in [4.78, 5) is 28.3. The number of benzene rings is 2. The Bertz CT molecular complexity index is 1270. The molecule has 1 fully saturated rings. The Kier molecular flexibility index (Phi) is 5.92. The number of aromatic nitrogens is 2. The van der Waals surface area contributed by atoms with E-state index in [9.17, 15) is 14.9 Å². The van der Waals surface area contributed by atoms with Crippen LogP contribution in [0.3, 0.4) is 0 Å². The molecule has 1 aliphatic rings. The van der Waals surface area contributed by atoms with Crippen molar-refractivity contribution in [2.24, 2.45) is 0 Å². The molecular weight excluding hydrogens is 434 g/mol. The molecule has 0 N–H and O–H groups in total. The molecule has 9 heteroatoms. The summed E-state index contributed by atoms with van der Waals surface area (Å²) < 4.78 is 7.00. The molecular formula is C25H23N5O4. The molecule has 1 aliphatic heterocycles. The Balaban J connectivity index is 1.38. The van der Waals surface area contributed by atoms with Crippen molar-refractivity contribution in [2.45, 2.75) is 6.54 Å². The molecule has 3 heterocycles. The average molecular weight is 457 g/mol. The van der Waals surface area contributed by atoms with Crippen molar-refractivity contribution in [1.82, 2.24) is 19.6 Å². The third-order valence-corrected chi connectivity index (χ3v) is 5.92. The molecule has 34 heavy (non-hydrogen) atoms. The fourth-order valence-electron chi connectivity index (χ4n) is 4.10. The second-order valence-electron chi connectivity index (χ2n) is 8.13. The van der Waals surface area contributed by atoms with E-state index in [2.05, 4.69) is 22.1 Å². The van der Waals surface area contributed by atoms with Crippen LogP contribution in [-0.4, -0.2) is 56.6 Å². The smallest absolute Gasteiger partial charge is 0.272 e. The molecule has 4 aromatic rings. The molecule has 0 saturated carbocycles. The highest BCUT2D eigenvalue weighted by Crippen LogP contribution is 2.25. The summed E-state index contributed by atoms with van der Waals surface area (Å²) in [5, 5.41) is 15.6. The first-order chi connectivity index (χ1) is 16.6. The number of carbonyl (C=O) groups excluding carboxylic acids is 1. The molecule has 172 valence electrons. The van der Waals surface area contributed by atoms with Crippen molar-refractivity contribution in [1.29, 1.82) is 0 Å². The maximum Gasteiger partial charge on any atom is 0.272 e. The van der Waals surface area contributed by atoms with Gasteiger partial charge in [-0.3, -0.25) is 19.8 Å². The van der Waals surface area contributed by atoms with Crippen molar-refractivity contribution in [3.05, 3.63) is 100 Å². The topological polar surface area (TPSA) is 97.6 Å². The summed E-state index contributed by atoms with van der Waals surface area (Å²) in [5.74, 6) is 0.408. The zero-order chi connectivity index (χ0) is 23.5. The minimum atomic E-state index is -0.456. The van der Waals surface area contributed by atoms with Crippen LogP contribution in [0.2, 0.25) is 0 Å². The van der Waals surface area contributed by atoms with E-state index in [0.717, 1.165) is 19.6 Å². The average Bonchev–Trinajstić information content (AvgIpc) is 3.55. The highest BCUT2D eigenvalue weighted by Gasteiger charge is 2.27. The van der Waals surface area contributed by atoms with Crippen LogP contribution in [0.5, 0.6) is 0 Å². The van der Waals surface area contributed by atoms with E-state index in [4.69, 9.17) is 4.42 Å². The Labute approximate surface area is 196 Å². The number of non-ortho nitro benzene ring substituents is 1. The largest absolute Gasteiger partial charge is 0.463 e. The van der Waals surface area contributed by atoms with Crippen LogP contribution in [0.4, 0.5) is 5.69 Å². The van der Waals surface area contributed by atoms with E-state index in [0.29, 0.717) is 35.9 Å². The van der Waals surface area contributed by atoms with Gasteiger partial charge in [-0.05, 0) is 29.8 Å². The second-order valence-corrected chi connectivity index (χ2v) is 8.13. The normalized spacial score (nSPS) is 14.3. The van der Waals surface area contributed by atoms with Crippen LogP contribution in [-0.2, 0) is 6.54 Å². The summed E-state index contributed by atoms with van der Waals surface area (Å²) in [6.45, 7) is 3.61. The Morgan fingerprint density at radius 2 is 1.71 bits per heavy atom. The van der Waals surface area contributed by atoms with Crippen molar-refractivity contribution in [3.63, 3.8) is 0 Å². The fourth-order valence-corrected chi connectivity index (χ4v) is 4.10. The highest BCUT2D eigenvalue weighted by atomic mass is 16.6. The molecule has 0 spiro atoms. The zero-order valence-electron chi connectivity index (χ0n) is 18.4. The van der Waals surface area contributed by atoms with E-state index >= 15 is 0 Å². The molecule has 1 amide bonds. The number of nitro benzene ring substituents is 1. The van der Waals surface area contributed by atoms with Gasteiger partial charge in [-0.1, -0.05) is 30.3 Å². The summed E-state index contributed by atoms with van der Waals surface area (Å²) in [6, 6.07) is 21.5. The zero-order valence-corrected chi connectivity index (χ0v) is 18.4. The summed E-state index contributed by atoms with van der Waals surface area (Å²) in [7, 11) is 0. The van der Waals surface area contributed by atoms with Gasteiger partial charge < -0.3 is 9.32 Å². The van der Waals surface area contributed by atoms with Gasteiger partial charge in [0.2, 0.25) is 0 Å². The summed E-state index contributed by atoms with van der Waals surface area (Å²) >= 11 is 0. The van der Waals surface area contributed by atoms with Crippen molar-refractivity contribution >= 4 is 11.6 Å². The molecule has 0 bridgehead atoms. The molecule has 2 aromatic heterocycles. The monoisotopic (exact) mass is 457 g/mol. The van der Waals surface area contributed by atoms with E-state index in [1.54, 1.807) is 36.6 Å². The van der Waals surface area contributed by atoms with Gasteiger partial charge in [0.05, 0.1) is 16.9 Å². The lowest BCUT2D eigenvalue weighted by Gasteiger charge is -2.34. The van der Waals surface area contributed by atoms with Crippen LogP contribution in [0, 0.1) is 10.1 Å². The maximum atomic E-state index is 13.5. The SMILES string of the molecule is O=C(c1cc(-c2ccco2)nn1-c1ccc([N+](=O)[O-])cc1)N1CCN(Cc2ccccc2)CC1. The van der Waals surface area contributed by atoms with Crippen LogP contribution in [0.25, 0.3) is 17.1 Å². The van der Waals surface area contributed by atoms with Gasteiger partial charge in [0.25, 0.3) is 11.6 Å². The van der Waals surface area contributed by atoms with E-state index in [1.807, 2.05) is 23.1 Å². The first-order valence-electron chi connectivity index (χ1n) is 11.0. The summed E-state index contributed by atoms with van der Waals surface area (Å²) in [6.07, 6.45) is 1.55. The third-order valence-electron chi connectivity index (χ3n) is 5.92. The number of furan rings is 1. The molecule has 0 unspecified atom stereocenters. The highest BCUT2D eigenvalue weighted by molar-refractivity contribution is 5.94. The van der Waals surface area contributed by atoms with Crippen molar-refractivity contribution in [2.75, 3.05) is 26.2 Å². The van der Waals surface area contributed by atoms with Gasteiger partial charge in [0.1, 0.15) is 11.4 Å². The molecule has 2 aromatic carbocycles. The van der Waals surface area contributed by atoms with Crippen molar-refractivity contribution in [3.8, 4) is 17.1 Å². The lowest BCUT2D eigenvalue weighted by atomic mass is 10.2. The Hall–Kier alpha value is -4.24. The number of carbonyl (C=O) groups is 1. The number of rotatable bonds is 6. The minimum Gasteiger partial charge on any atom is -0.463 e. The predicted molar refractivity (Wildman–Crippen MR) is 126 cm³/mol. The number of hydrogen-bond acceptors (Lipinski definition) is 6. The molecule has 9 nitrogen and oxygen atoms in total. The standard InChI is InChI=1S/C25H23N5O4/c31-25(28-14-12-27(13-15-28)18-19-5-2-1-3-6-19)23-17-22(24-7-4-16-34-24)26-29(23)20-8-10-21(11-9-20)30(32)33/h1-11,16-17H,12-15,18H2. The van der Waals surface area contributed by atoms with Crippen LogP contribution < -0.4 is 0 Å². The van der Waals surface area contributed by atoms with Gasteiger partial charge in [-0.2, -0.15) is 5.10 Å². The van der Waals surface area contributed by atoms with E-state index < -0.39 is 4.92 Å². The maximum absolute atomic E-state index is 13.5. The van der Waals surface area contributed by atoms with Crippen LogP contribution in [0.15, 0.2) is 83.5 Å². The molecule has 5 rings (SSSR count). The number of nitro groups is 1. The van der Waals surface area contributed by atoms with E-state index in [1.165, 1.54) is 22.4 Å². The second kappa shape index (κ2) is 9.32. The van der Waals surface area contributed by atoms with E-state index in [-0.39, 0.29) is 11.6 Å². The minimum absolute atomic E-state index is 0.0235. The predicted octanol–water partition coefficient (Wildman–Crippen LogP) is 4.00. The van der Waals surface area contributed by atoms with Gasteiger partial charge in [-0.15, -0.1) is 0 Å². The van der Waals surface area contributed by atoms with Gasteiger partial charge in [0.15, 0.2) is 5.76 Å². The first-order valence-corrected chi connectivity index (χ1v) is 11.0. The Morgan fingerprint density at radius 1 is 0.971 bits per heavy atom. The number of piperazine rings is 1. The fraction of sp³-hybridized carbons (Fsp3) is 0.200. The number of amides is 1. The van der Waals surface area contributed by atoms with Gasteiger partial charge in [-0.25, -0.2) is 4.68 Å². The molecule has 0 radical (unpaired) electrons. The quantitative estimate of drug-likeness (QED) is 0.321. The molecule has 1 saturated heterocycles. The lowest BCUT2D eigenvalue weighted by molar-refractivity contribution is -0.384. The Morgan fingerprint density at radius 3 is 2.35 bits per heavy atom. The number of nitrogens with zero attached hydrogens (tertiary/aromatic N) is 5. The first kappa shape index (κ1) is 21.6. The van der Waals surface area contributed by atoms with Crippen LogP contribution in [0.1, 0.15) is 16.1 Å². The molecule has 0 aliphatic carbocycles.